The molecule has 0 bridgehead atoms. The Morgan fingerprint density at radius 3 is 2.37 bits per heavy atom. The Hall–Kier alpha value is -1.63. The molecule has 0 saturated heterocycles. The molecule has 0 aromatic rings. The van der Waals surface area contributed by atoms with E-state index in [0.29, 0.717) is 19.3 Å². The van der Waals surface area contributed by atoms with Gasteiger partial charge in [0.1, 0.15) is 6.04 Å². The molecule has 1 amide bonds. The highest BCUT2D eigenvalue weighted by Crippen LogP contribution is 2.01. The minimum absolute atomic E-state index is 0.288. The molecule has 7 heteroatoms. The minimum Gasteiger partial charge on any atom is -0.481 e. The van der Waals surface area contributed by atoms with Crippen LogP contribution in [0.15, 0.2) is 0 Å². The standard InChI is InChI=1S/C12H22N2O5/c1-3-5-9(12(18)19-6-4-2)14-11(17)8(13)7-10(15)16/h8-9H,3-7,13H2,1-2H3,(H,14,17)(H,15,16)/t8-,9+/m1/s1. The molecule has 0 fully saturated rings. The fraction of sp³-hybridized carbons (Fsp3) is 0.750. The van der Waals surface area contributed by atoms with Gasteiger partial charge in [-0.1, -0.05) is 20.3 Å². The number of rotatable bonds is 9. The average molecular weight is 274 g/mol. The highest BCUT2D eigenvalue weighted by atomic mass is 16.5. The molecular weight excluding hydrogens is 252 g/mol. The third-order valence-electron chi connectivity index (χ3n) is 2.36. The van der Waals surface area contributed by atoms with Gasteiger partial charge in [-0.25, -0.2) is 4.79 Å². The summed E-state index contributed by atoms with van der Waals surface area (Å²) < 4.78 is 4.96. The quantitative estimate of drug-likeness (QED) is 0.510. The summed E-state index contributed by atoms with van der Waals surface area (Å²) in [5.74, 6) is -2.34. The predicted molar refractivity (Wildman–Crippen MR) is 68.3 cm³/mol. The molecule has 4 N–H and O–H groups in total. The van der Waals surface area contributed by atoms with Gasteiger partial charge in [0, 0.05) is 0 Å². The number of carbonyl (C=O) groups is 3. The monoisotopic (exact) mass is 274 g/mol. The first-order valence-corrected chi connectivity index (χ1v) is 6.36. The Balaban J connectivity index is 4.43. The number of aliphatic carboxylic acids is 1. The SMILES string of the molecule is CCCOC(=O)[C@H](CCC)NC(=O)[C@H](N)CC(=O)O. The molecule has 0 heterocycles. The van der Waals surface area contributed by atoms with Gasteiger partial charge in [-0.2, -0.15) is 0 Å². The van der Waals surface area contributed by atoms with Crippen LogP contribution in [-0.2, 0) is 19.1 Å². The fourth-order valence-electron chi connectivity index (χ4n) is 1.40. The van der Waals surface area contributed by atoms with Crippen LogP contribution in [0.3, 0.4) is 0 Å². The smallest absolute Gasteiger partial charge is 0.328 e. The molecule has 2 atom stereocenters. The average Bonchev–Trinajstić information content (AvgIpc) is 2.34. The summed E-state index contributed by atoms with van der Waals surface area (Å²) in [6.45, 7) is 4.02. The number of amides is 1. The Kier molecular flexibility index (Phi) is 8.52. The summed E-state index contributed by atoms with van der Waals surface area (Å²) in [7, 11) is 0. The molecule has 0 aliphatic rings. The van der Waals surface area contributed by atoms with E-state index in [1.807, 2.05) is 13.8 Å². The van der Waals surface area contributed by atoms with Gasteiger partial charge in [0.25, 0.3) is 0 Å². The van der Waals surface area contributed by atoms with E-state index in [-0.39, 0.29) is 6.61 Å². The van der Waals surface area contributed by atoms with Crippen molar-refractivity contribution in [3.8, 4) is 0 Å². The van der Waals surface area contributed by atoms with Gasteiger partial charge in [-0.3, -0.25) is 9.59 Å². The molecule has 0 saturated carbocycles. The minimum atomic E-state index is -1.17. The molecule has 0 aromatic carbocycles. The van der Waals surface area contributed by atoms with Crippen LogP contribution in [-0.4, -0.2) is 41.6 Å². The molecule has 0 unspecified atom stereocenters. The molecule has 0 aliphatic heterocycles. The van der Waals surface area contributed by atoms with E-state index < -0.39 is 36.4 Å². The Morgan fingerprint density at radius 2 is 1.89 bits per heavy atom. The van der Waals surface area contributed by atoms with E-state index in [2.05, 4.69) is 5.32 Å². The van der Waals surface area contributed by atoms with Crippen molar-refractivity contribution in [1.82, 2.24) is 5.32 Å². The highest BCUT2D eigenvalue weighted by Gasteiger charge is 2.25. The van der Waals surface area contributed by atoms with E-state index in [9.17, 15) is 14.4 Å². The van der Waals surface area contributed by atoms with E-state index in [1.165, 1.54) is 0 Å². The zero-order valence-corrected chi connectivity index (χ0v) is 11.3. The third-order valence-corrected chi connectivity index (χ3v) is 2.36. The first-order valence-electron chi connectivity index (χ1n) is 6.36. The molecule has 0 radical (unpaired) electrons. The molecule has 19 heavy (non-hydrogen) atoms. The van der Waals surface area contributed by atoms with Gasteiger partial charge in [-0.15, -0.1) is 0 Å². The molecular formula is C12H22N2O5. The molecule has 110 valence electrons. The zero-order chi connectivity index (χ0) is 14.8. The van der Waals surface area contributed by atoms with Crippen LogP contribution in [0.25, 0.3) is 0 Å². The van der Waals surface area contributed by atoms with Crippen LogP contribution in [0.4, 0.5) is 0 Å². The van der Waals surface area contributed by atoms with Gasteiger partial charge < -0.3 is 20.9 Å². The molecule has 0 aromatic heterocycles. The van der Waals surface area contributed by atoms with E-state index in [0.717, 1.165) is 0 Å². The number of carbonyl (C=O) groups excluding carboxylic acids is 2. The summed E-state index contributed by atoms with van der Waals surface area (Å²) in [6.07, 6.45) is 1.32. The fourth-order valence-corrected chi connectivity index (χ4v) is 1.40. The van der Waals surface area contributed by atoms with Crippen LogP contribution in [0.1, 0.15) is 39.5 Å². The lowest BCUT2D eigenvalue weighted by molar-refractivity contribution is -0.148. The number of carboxylic acids is 1. The van der Waals surface area contributed by atoms with Crippen molar-refractivity contribution >= 4 is 17.8 Å². The van der Waals surface area contributed by atoms with Gasteiger partial charge in [-0.05, 0) is 12.8 Å². The van der Waals surface area contributed by atoms with Crippen molar-refractivity contribution < 1.29 is 24.2 Å². The van der Waals surface area contributed by atoms with Crippen molar-refractivity contribution in [2.24, 2.45) is 5.73 Å². The van der Waals surface area contributed by atoms with Gasteiger partial charge >= 0.3 is 11.9 Å². The molecule has 0 spiro atoms. The first kappa shape index (κ1) is 17.4. The van der Waals surface area contributed by atoms with E-state index in [1.54, 1.807) is 0 Å². The van der Waals surface area contributed by atoms with E-state index in [4.69, 9.17) is 15.6 Å². The van der Waals surface area contributed by atoms with Crippen molar-refractivity contribution in [2.45, 2.75) is 51.6 Å². The predicted octanol–water partition coefficient (Wildman–Crippen LogP) is 0.0265. The maximum absolute atomic E-state index is 11.7. The molecule has 0 rings (SSSR count). The Labute approximate surface area is 112 Å². The van der Waals surface area contributed by atoms with Crippen LogP contribution >= 0.6 is 0 Å². The summed E-state index contributed by atoms with van der Waals surface area (Å²) >= 11 is 0. The summed E-state index contributed by atoms with van der Waals surface area (Å²) in [4.78, 5) is 33.8. The second-order valence-electron chi connectivity index (χ2n) is 4.22. The normalized spacial score (nSPS) is 13.4. The largest absolute Gasteiger partial charge is 0.481 e. The highest BCUT2D eigenvalue weighted by molar-refractivity contribution is 5.89. The van der Waals surface area contributed by atoms with Crippen molar-refractivity contribution in [1.29, 1.82) is 0 Å². The van der Waals surface area contributed by atoms with Crippen LogP contribution in [0.5, 0.6) is 0 Å². The lowest BCUT2D eigenvalue weighted by Crippen LogP contribution is -2.49. The van der Waals surface area contributed by atoms with Crippen LogP contribution in [0.2, 0.25) is 0 Å². The Bertz CT molecular complexity index is 319. The maximum Gasteiger partial charge on any atom is 0.328 e. The first-order chi connectivity index (χ1) is 8.92. The summed E-state index contributed by atoms with van der Waals surface area (Å²) in [5.41, 5.74) is 5.42. The topological polar surface area (TPSA) is 119 Å². The van der Waals surface area contributed by atoms with Gasteiger partial charge in [0.05, 0.1) is 19.1 Å². The number of hydrogen-bond donors (Lipinski definition) is 3. The second-order valence-corrected chi connectivity index (χ2v) is 4.22. The number of nitrogens with one attached hydrogen (secondary N) is 1. The number of hydrogen-bond acceptors (Lipinski definition) is 5. The summed E-state index contributed by atoms with van der Waals surface area (Å²) in [6, 6.07) is -1.94. The van der Waals surface area contributed by atoms with Crippen molar-refractivity contribution in [2.75, 3.05) is 6.61 Å². The van der Waals surface area contributed by atoms with Gasteiger partial charge in [0.2, 0.25) is 5.91 Å². The maximum atomic E-state index is 11.7. The lowest BCUT2D eigenvalue weighted by Gasteiger charge is -2.18. The zero-order valence-electron chi connectivity index (χ0n) is 11.3. The van der Waals surface area contributed by atoms with Crippen molar-refractivity contribution in [3.63, 3.8) is 0 Å². The summed E-state index contributed by atoms with van der Waals surface area (Å²) in [5, 5.41) is 11.0. The van der Waals surface area contributed by atoms with Crippen molar-refractivity contribution in [3.05, 3.63) is 0 Å². The molecule has 7 nitrogen and oxygen atoms in total. The number of nitrogens with two attached hydrogens (primary N) is 1. The number of ether oxygens (including phenoxy) is 1. The lowest BCUT2D eigenvalue weighted by atomic mass is 10.1. The second kappa shape index (κ2) is 9.32. The number of esters is 1. The number of carboxylic acid groups (broad SMARTS) is 1. The van der Waals surface area contributed by atoms with Crippen LogP contribution in [0, 0.1) is 0 Å². The Morgan fingerprint density at radius 1 is 1.26 bits per heavy atom. The third kappa shape index (κ3) is 7.40. The van der Waals surface area contributed by atoms with Gasteiger partial charge in [0.15, 0.2) is 0 Å². The van der Waals surface area contributed by atoms with Crippen LogP contribution < -0.4 is 11.1 Å². The van der Waals surface area contributed by atoms with E-state index >= 15 is 0 Å². The molecule has 0 aliphatic carbocycles.